The predicted molar refractivity (Wildman–Crippen MR) is 42.3 cm³/mol. The van der Waals surface area contributed by atoms with E-state index in [0.717, 1.165) is 12.3 Å². The molecular formula is C8H5FN2O2. The summed E-state index contributed by atoms with van der Waals surface area (Å²) >= 11 is 0. The molecule has 1 amide bonds. The average Bonchev–Trinajstić information content (AvgIpc) is 2.03. The van der Waals surface area contributed by atoms with E-state index in [1.807, 2.05) is 5.92 Å². The highest BCUT2D eigenvalue weighted by molar-refractivity contribution is 5.67. The van der Waals surface area contributed by atoms with Crippen LogP contribution >= 0.6 is 0 Å². The molecule has 0 saturated heterocycles. The van der Waals surface area contributed by atoms with Gasteiger partial charge in [0.25, 0.3) is 0 Å². The molecule has 0 bridgehead atoms. The van der Waals surface area contributed by atoms with Gasteiger partial charge in [-0.15, -0.1) is 6.42 Å². The average molecular weight is 180 g/mol. The molecule has 0 spiro atoms. The molecule has 0 atom stereocenters. The molecule has 66 valence electrons. The minimum absolute atomic E-state index is 0.0796. The number of pyridine rings is 1. The van der Waals surface area contributed by atoms with Gasteiger partial charge >= 0.3 is 6.09 Å². The number of halogens is 1. The van der Waals surface area contributed by atoms with Crippen molar-refractivity contribution in [3.63, 3.8) is 0 Å². The lowest BCUT2D eigenvalue weighted by Crippen LogP contribution is -2.16. The van der Waals surface area contributed by atoms with Gasteiger partial charge in [0.05, 0.1) is 6.20 Å². The summed E-state index contributed by atoms with van der Waals surface area (Å²) in [6.07, 6.45) is 5.00. The molecule has 0 aliphatic heterocycles. The molecule has 0 aromatic carbocycles. The van der Waals surface area contributed by atoms with E-state index in [1.165, 1.54) is 0 Å². The van der Waals surface area contributed by atoms with Gasteiger partial charge in [-0.05, 0) is 5.92 Å². The number of carbonyl (C=O) groups excluding carboxylic acids is 1. The molecule has 1 rings (SSSR count). The number of rotatable bonds is 1. The molecule has 2 N–H and O–H groups in total. The van der Waals surface area contributed by atoms with Gasteiger partial charge in [0.1, 0.15) is 5.69 Å². The number of aromatic nitrogens is 1. The third-order valence-corrected chi connectivity index (χ3v) is 1.17. The van der Waals surface area contributed by atoms with Crippen LogP contribution in [-0.2, 0) is 0 Å². The van der Waals surface area contributed by atoms with Crippen LogP contribution in [0.3, 0.4) is 0 Å². The zero-order chi connectivity index (χ0) is 9.84. The van der Waals surface area contributed by atoms with Crippen LogP contribution in [0.2, 0.25) is 0 Å². The molecule has 1 aromatic heterocycles. The van der Waals surface area contributed by atoms with E-state index >= 15 is 0 Å². The molecule has 1 heterocycles. The fraction of sp³-hybridized carbons (Fsp3) is 0. The first-order valence-electron chi connectivity index (χ1n) is 3.23. The smallest absolute Gasteiger partial charge is 0.409 e. The van der Waals surface area contributed by atoms with E-state index in [4.69, 9.17) is 12.2 Å². The second-order valence-corrected chi connectivity index (χ2v) is 2.07. The maximum atomic E-state index is 12.9. The number of hydrogen-bond acceptors (Lipinski definition) is 3. The summed E-state index contributed by atoms with van der Waals surface area (Å²) in [5.74, 6) is 1.20. The molecule has 4 nitrogen and oxygen atoms in total. The van der Waals surface area contributed by atoms with Crippen LogP contribution in [0.5, 0.6) is 5.75 Å². The van der Waals surface area contributed by atoms with Crippen molar-refractivity contribution >= 4 is 6.09 Å². The van der Waals surface area contributed by atoms with Crippen LogP contribution < -0.4 is 10.5 Å². The van der Waals surface area contributed by atoms with Gasteiger partial charge in [0, 0.05) is 6.07 Å². The third-order valence-electron chi connectivity index (χ3n) is 1.17. The van der Waals surface area contributed by atoms with Crippen LogP contribution in [0.25, 0.3) is 0 Å². The topological polar surface area (TPSA) is 65.2 Å². The largest absolute Gasteiger partial charge is 0.410 e. The molecule has 0 aliphatic carbocycles. The number of hydrogen-bond donors (Lipinski definition) is 1. The van der Waals surface area contributed by atoms with Gasteiger partial charge in [-0.1, -0.05) is 0 Å². The zero-order valence-corrected chi connectivity index (χ0v) is 6.45. The summed E-state index contributed by atoms with van der Waals surface area (Å²) in [6.45, 7) is 0. The molecule has 1 aromatic rings. The van der Waals surface area contributed by atoms with Crippen molar-refractivity contribution < 1.29 is 13.9 Å². The normalized spacial score (nSPS) is 8.92. The summed E-state index contributed by atoms with van der Waals surface area (Å²) in [5.41, 5.74) is 4.55. The second-order valence-electron chi connectivity index (χ2n) is 2.07. The highest BCUT2D eigenvalue weighted by Gasteiger charge is 2.05. The first kappa shape index (κ1) is 9.00. The maximum Gasteiger partial charge on any atom is 0.410 e. The zero-order valence-electron chi connectivity index (χ0n) is 6.45. The van der Waals surface area contributed by atoms with Gasteiger partial charge in [0.2, 0.25) is 0 Å². The summed E-state index contributed by atoms with van der Waals surface area (Å²) < 4.78 is 17.2. The van der Waals surface area contributed by atoms with Crippen molar-refractivity contribution in [3.8, 4) is 18.1 Å². The van der Waals surface area contributed by atoms with Crippen molar-refractivity contribution in [1.82, 2.24) is 4.98 Å². The highest BCUT2D eigenvalue weighted by atomic mass is 19.1. The summed E-state index contributed by atoms with van der Waals surface area (Å²) in [4.78, 5) is 13.7. The van der Waals surface area contributed by atoms with Crippen LogP contribution in [0.15, 0.2) is 12.3 Å². The van der Waals surface area contributed by atoms with Crippen molar-refractivity contribution in [2.75, 3.05) is 0 Å². The number of terminal acetylenes is 1. The number of nitrogens with zero attached hydrogens (tertiary/aromatic N) is 1. The number of carbonyl (C=O) groups is 1. The van der Waals surface area contributed by atoms with E-state index in [0.29, 0.717) is 0 Å². The molecule has 0 unspecified atom stereocenters. The van der Waals surface area contributed by atoms with Gasteiger partial charge < -0.3 is 10.5 Å². The van der Waals surface area contributed by atoms with Crippen molar-refractivity contribution in [2.45, 2.75) is 0 Å². The minimum atomic E-state index is -1.03. The fourth-order valence-corrected chi connectivity index (χ4v) is 0.699. The highest BCUT2D eigenvalue weighted by Crippen LogP contribution is 2.12. The number of amides is 1. The Labute approximate surface area is 73.5 Å². The Bertz CT molecular complexity index is 384. The first-order chi connectivity index (χ1) is 6.13. The molecule has 0 fully saturated rings. The molecule has 0 aliphatic rings. The van der Waals surface area contributed by atoms with E-state index in [9.17, 15) is 9.18 Å². The molecule has 13 heavy (non-hydrogen) atoms. The van der Waals surface area contributed by atoms with Gasteiger partial charge in [-0.3, -0.25) is 0 Å². The maximum absolute atomic E-state index is 12.9. The van der Waals surface area contributed by atoms with E-state index < -0.39 is 11.9 Å². The Hall–Kier alpha value is -2.09. The summed E-state index contributed by atoms with van der Waals surface area (Å²) in [7, 11) is 0. The molecule has 0 saturated carbocycles. The van der Waals surface area contributed by atoms with Crippen LogP contribution in [0.4, 0.5) is 9.18 Å². The van der Waals surface area contributed by atoms with E-state index in [2.05, 4.69) is 9.72 Å². The van der Waals surface area contributed by atoms with E-state index in [1.54, 1.807) is 0 Å². The van der Waals surface area contributed by atoms with Crippen molar-refractivity contribution in [2.24, 2.45) is 5.73 Å². The van der Waals surface area contributed by atoms with E-state index in [-0.39, 0.29) is 11.4 Å². The Morgan fingerprint density at radius 1 is 1.77 bits per heavy atom. The number of nitrogens with two attached hydrogens (primary N) is 1. The molecule has 0 radical (unpaired) electrons. The Morgan fingerprint density at radius 3 is 2.92 bits per heavy atom. The summed E-state index contributed by atoms with van der Waals surface area (Å²) in [5, 5.41) is 0. The predicted octanol–water partition coefficient (Wildman–Crippen LogP) is 0.660. The van der Waals surface area contributed by atoms with Crippen LogP contribution in [0.1, 0.15) is 5.69 Å². The lowest BCUT2D eigenvalue weighted by atomic mass is 10.3. The van der Waals surface area contributed by atoms with Gasteiger partial charge in [-0.2, -0.15) is 0 Å². The van der Waals surface area contributed by atoms with Crippen molar-refractivity contribution in [1.29, 1.82) is 0 Å². The molecular weight excluding hydrogens is 175 g/mol. The standard InChI is InChI=1S/C8H5FN2O2/c1-2-7-6(9)3-5(4-11-7)13-8(10)12/h1,3-4H,(H2,10,12). The fourth-order valence-electron chi connectivity index (χ4n) is 0.699. The van der Waals surface area contributed by atoms with Gasteiger partial charge in [-0.25, -0.2) is 14.2 Å². The van der Waals surface area contributed by atoms with Crippen LogP contribution in [0, 0.1) is 18.2 Å². The van der Waals surface area contributed by atoms with Crippen molar-refractivity contribution in [3.05, 3.63) is 23.8 Å². The SMILES string of the molecule is C#Cc1ncc(OC(N)=O)cc1F. The van der Waals surface area contributed by atoms with Crippen LogP contribution in [-0.4, -0.2) is 11.1 Å². The van der Waals surface area contributed by atoms with Gasteiger partial charge in [0.15, 0.2) is 11.6 Å². The Morgan fingerprint density at radius 2 is 2.46 bits per heavy atom. The lowest BCUT2D eigenvalue weighted by Gasteiger charge is -2.00. The quantitative estimate of drug-likeness (QED) is 0.645. The Kier molecular flexibility index (Phi) is 2.45. The Balaban J connectivity index is 2.97. The lowest BCUT2D eigenvalue weighted by molar-refractivity contribution is 0.210. The first-order valence-corrected chi connectivity index (χ1v) is 3.23. The third kappa shape index (κ3) is 2.17. The summed E-state index contributed by atoms with van der Waals surface area (Å²) in [6, 6.07) is 0.937. The minimum Gasteiger partial charge on any atom is -0.409 e. The second kappa shape index (κ2) is 3.54. The monoisotopic (exact) mass is 180 g/mol. The molecule has 5 heteroatoms. The number of ether oxygens (including phenoxy) is 1. The number of primary amides is 1.